The molecule has 0 spiro atoms. The van der Waals surface area contributed by atoms with Gasteiger partial charge in [0.1, 0.15) is 5.76 Å². The van der Waals surface area contributed by atoms with Crippen LogP contribution in [0.1, 0.15) is 27.6 Å². The molecule has 100 valence electrons. The summed E-state index contributed by atoms with van der Waals surface area (Å²) in [5.74, 6) is 5.28. The average molecular weight is 261 g/mol. The van der Waals surface area contributed by atoms with Crippen LogP contribution in [-0.4, -0.2) is 10.5 Å². The summed E-state index contributed by atoms with van der Waals surface area (Å²) >= 11 is 0. The van der Waals surface area contributed by atoms with E-state index in [-0.39, 0.29) is 11.3 Å². The number of aromatic nitrogens is 1. The van der Waals surface area contributed by atoms with E-state index < -0.39 is 5.91 Å². The van der Waals surface area contributed by atoms with Crippen molar-refractivity contribution in [2.24, 2.45) is 5.84 Å². The molecular formula is C13H15N3O3. The van der Waals surface area contributed by atoms with E-state index in [1.54, 1.807) is 23.6 Å². The van der Waals surface area contributed by atoms with Gasteiger partial charge in [-0.25, -0.2) is 5.84 Å². The van der Waals surface area contributed by atoms with Gasteiger partial charge in [-0.05, 0) is 26.0 Å². The van der Waals surface area contributed by atoms with Gasteiger partial charge < -0.3 is 8.98 Å². The number of hydrogen-bond acceptors (Lipinski definition) is 4. The number of nitrogens with two attached hydrogens (primary N) is 1. The lowest BCUT2D eigenvalue weighted by Crippen LogP contribution is -2.29. The van der Waals surface area contributed by atoms with Crippen LogP contribution in [0.5, 0.6) is 0 Å². The van der Waals surface area contributed by atoms with Gasteiger partial charge in [0.05, 0.1) is 6.54 Å². The molecule has 1 amide bonds. The first-order valence-corrected chi connectivity index (χ1v) is 5.79. The molecule has 0 saturated carbocycles. The summed E-state index contributed by atoms with van der Waals surface area (Å²) in [6.45, 7) is 3.95. The predicted molar refractivity (Wildman–Crippen MR) is 69.6 cm³/mol. The lowest BCUT2D eigenvalue weighted by Gasteiger charge is -2.07. The fourth-order valence-electron chi connectivity index (χ4n) is 1.86. The molecule has 0 bridgehead atoms. The molecule has 2 aromatic rings. The van der Waals surface area contributed by atoms with Gasteiger partial charge >= 0.3 is 5.91 Å². The summed E-state index contributed by atoms with van der Waals surface area (Å²) in [6, 6.07) is 6.65. The Kier molecular flexibility index (Phi) is 3.52. The molecule has 6 heteroatoms. The van der Waals surface area contributed by atoms with Crippen molar-refractivity contribution in [2.45, 2.75) is 20.4 Å². The van der Waals surface area contributed by atoms with Gasteiger partial charge in [0.25, 0.3) is 5.56 Å². The quantitative estimate of drug-likeness (QED) is 0.483. The molecule has 6 nitrogen and oxygen atoms in total. The maximum absolute atomic E-state index is 11.8. The van der Waals surface area contributed by atoms with Crippen LogP contribution in [0.4, 0.5) is 0 Å². The normalized spacial score (nSPS) is 10.5. The standard InChI is InChI=1S/C13H15N3O3/c1-8-4-3-5-12(17)16(8)7-10-6-11(13(18)15-14)19-9(10)2/h3-6H,7,14H2,1-2H3,(H,15,18). The van der Waals surface area contributed by atoms with E-state index in [0.717, 1.165) is 11.3 Å². The molecule has 0 fully saturated rings. The summed E-state index contributed by atoms with van der Waals surface area (Å²) in [4.78, 5) is 23.2. The third kappa shape index (κ3) is 2.58. The van der Waals surface area contributed by atoms with Gasteiger partial charge in [0, 0.05) is 17.3 Å². The zero-order valence-corrected chi connectivity index (χ0v) is 10.8. The maximum Gasteiger partial charge on any atom is 0.300 e. The smallest absolute Gasteiger partial charge is 0.300 e. The van der Waals surface area contributed by atoms with Crippen molar-refractivity contribution in [1.29, 1.82) is 0 Å². The van der Waals surface area contributed by atoms with Gasteiger partial charge in [-0.3, -0.25) is 15.0 Å². The monoisotopic (exact) mass is 261 g/mol. The summed E-state index contributed by atoms with van der Waals surface area (Å²) in [7, 11) is 0. The third-order valence-corrected chi connectivity index (χ3v) is 2.97. The van der Waals surface area contributed by atoms with Crippen LogP contribution in [-0.2, 0) is 6.54 Å². The fraction of sp³-hybridized carbons (Fsp3) is 0.231. The molecular weight excluding hydrogens is 246 g/mol. The van der Waals surface area contributed by atoms with Gasteiger partial charge in [-0.1, -0.05) is 6.07 Å². The van der Waals surface area contributed by atoms with E-state index in [0.29, 0.717) is 12.3 Å². The largest absolute Gasteiger partial charge is 0.456 e. The number of amides is 1. The highest BCUT2D eigenvalue weighted by Crippen LogP contribution is 2.15. The number of nitrogens with zero attached hydrogens (tertiary/aromatic N) is 1. The second kappa shape index (κ2) is 5.11. The Morgan fingerprint density at radius 1 is 1.42 bits per heavy atom. The number of hydrogen-bond donors (Lipinski definition) is 2. The van der Waals surface area contributed by atoms with Crippen LogP contribution in [0.15, 0.2) is 33.5 Å². The van der Waals surface area contributed by atoms with E-state index >= 15 is 0 Å². The van der Waals surface area contributed by atoms with Gasteiger partial charge in [0.15, 0.2) is 5.76 Å². The van der Waals surface area contributed by atoms with E-state index in [1.165, 1.54) is 6.07 Å². The first-order chi connectivity index (χ1) is 9.02. The van der Waals surface area contributed by atoms with Crippen LogP contribution in [0.25, 0.3) is 0 Å². The average Bonchev–Trinajstić information content (AvgIpc) is 2.74. The Bertz CT molecular complexity index is 670. The molecule has 0 aromatic carbocycles. The lowest BCUT2D eigenvalue weighted by molar-refractivity contribution is 0.0924. The van der Waals surface area contributed by atoms with Crippen LogP contribution in [0, 0.1) is 13.8 Å². The van der Waals surface area contributed by atoms with Crippen molar-refractivity contribution >= 4 is 5.91 Å². The Morgan fingerprint density at radius 2 is 2.16 bits per heavy atom. The lowest BCUT2D eigenvalue weighted by atomic mass is 10.2. The Hall–Kier alpha value is -2.34. The Labute approximate surface area is 109 Å². The number of nitrogen functional groups attached to an aromatic ring is 1. The number of carbonyl (C=O) groups excluding carboxylic acids is 1. The molecule has 19 heavy (non-hydrogen) atoms. The molecule has 3 N–H and O–H groups in total. The SMILES string of the molecule is Cc1oc(C(=O)NN)cc1Cn1c(C)cccc1=O. The van der Waals surface area contributed by atoms with Crippen molar-refractivity contribution in [2.75, 3.05) is 0 Å². The minimum atomic E-state index is -0.494. The molecule has 0 unspecified atom stereocenters. The van der Waals surface area contributed by atoms with Crippen molar-refractivity contribution in [3.05, 3.63) is 57.4 Å². The molecule has 2 heterocycles. The molecule has 0 aliphatic carbocycles. The van der Waals surface area contributed by atoms with E-state index in [4.69, 9.17) is 10.3 Å². The van der Waals surface area contributed by atoms with Crippen LogP contribution in [0.3, 0.4) is 0 Å². The van der Waals surface area contributed by atoms with E-state index in [2.05, 4.69) is 0 Å². The van der Waals surface area contributed by atoms with Gasteiger partial charge in [0.2, 0.25) is 0 Å². The zero-order valence-electron chi connectivity index (χ0n) is 10.8. The molecule has 2 aromatic heterocycles. The van der Waals surface area contributed by atoms with Crippen molar-refractivity contribution in [1.82, 2.24) is 9.99 Å². The number of carbonyl (C=O) groups is 1. The summed E-state index contributed by atoms with van der Waals surface area (Å²) in [5.41, 5.74) is 3.53. The third-order valence-electron chi connectivity index (χ3n) is 2.97. The highest BCUT2D eigenvalue weighted by molar-refractivity contribution is 5.91. The Balaban J connectivity index is 2.37. The molecule has 0 atom stereocenters. The topological polar surface area (TPSA) is 90.3 Å². The summed E-state index contributed by atoms with van der Waals surface area (Å²) in [6.07, 6.45) is 0. The molecule has 0 radical (unpaired) electrons. The molecule has 0 saturated heterocycles. The number of pyridine rings is 1. The number of rotatable bonds is 3. The first kappa shape index (κ1) is 13.1. The molecule has 2 rings (SSSR count). The summed E-state index contributed by atoms with van der Waals surface area (Å²) < 4.78 is 6.92. The van der Waals surface area contributed by atoms with Crippen molar-refractivity contribution in [3.8, 4) is 0 Å². The molecule has 0 aliphatic heterocycles. The van der Waals surface area contributed by atoms with Crippen LogP contribution < -0.4 is 16.8 Å². The van der Waals surface area contributed by atoms with E-state index in [9.17, 15) is 9.59 Å². The van der Waals surface area contributed by atoms with Crippen LogP contribution >= 0.6 is 0 Å². The number of nitrogens with one attached hydrogen (secondary N) is 1. The number of aryl methyl sites for hydroxylation is 2. The number of hydrazine groups is 1. The van der Waals surface area contributed by atoms with Crippen LogP contribution in [0.2, 0.25) is 0 Å². The number of furan rings is 1. The van der Waals surface area contributed by atoms with Crippen molar-refractivity contribution < 1.29 is 9.21 Å². The zero-order chi connectivity index (χ0) is 14.0. The highest BCUT2D eigenvalue weighted by Gasteiger charge is 2.14. The summed E-state index contributed by atoms with van der Waals surface area (Å²) in [5, 5.41) is 0. The first-order valence-electron chi connectivity index (χ1n) is 5.79. The highest BCUT2D eigenvalue weighted by atomic mass is 16.4. The molecule has 0 aliphatic rings. The minimum Gasteiger partial charge on any atom is -0.456 e. The van der Waals surface area contributed by atoms with Gasteiger partial charge in [-0.15, -0.1) is 0 Å². The second-order valence-electron chi connectivity index (χ2n) is 4.26. The van der Waals surface area contributed by atoms with Crippen molar-refractivity contribution in [3.63, 3.8) is 0 Å². The predicted octanol–water partition coefficient (Wildman–Crippen LogP) is 0.710. The van der Waals surface area contributed by atoms with E-state index in [1.807, 2.05) is 18.4 Å². The maximum atomic E-state index is 11.8. The Morgan fingerprint density at radius 3 is 2.79 bits per heavy atom. The minimum absolute atomic E-state index is 0.0922. The fourth-order valence-corrected chi connectivity index (χ4v) is 1.86. The second-order valence-corrected chi connectivity index (χ2v) is 4.26. The van der Waals surface area contributed by atoms with Gasteiger partial charge in [-0.2, -0.15) is 0 Å².